The highest BCUT2D eigenvalue weighted by atomic mass is 79.9. The summed E-state index contributed by atoms with van der Waals surface area (Å²) in [6.45, 7) is 2.57. The summed E-state index contributed by atoms with van der Waals surface area (Å²) >= 11 is 3.25. The number of alkyl halides is 1. The zero-order chi connectivity index (χ0) is 14.1. The van der Waals surface area contributed by atoms with E-state index in [1.54, 1.807) is 0 Å². The van der Waals surface area contributed by atoms with Gasteiger partial charge < -0.3 is 14.2 Å². The predicted octanol–water partition coefficient (Wildman–Crippen LogP) is 3.19. The molecule has 0 saturated carbocycles. The first-order chi connectivity index (χ1) is 9.15. The molecule has 0 radical (unpaired) electrons. The third-order valence-electron chi connectivity index (χ3n) is 2.88. The van der Waals surface area contributed by atoms with Crippen LogP contribution in [-0.4, -0.2) is 36.3 Å². The van der Waals surface area contributed by atoms with Gasteiger partial charge in [-0.2, -0.15) is 0 Å². The molecule has 0 aliphatic carbocycles. The largest absolute Gasteiger partial charge is 0.508 e. The molecule has 0 bridgehead atoms. The fraction of sp³-hybridized carbons (Fsp3) is 0.846. The van der Waals surface area contributed by atoms with Gasteiger partial charge in [0.25, 0.3) is 0 Å². The van der Waals surface area contributed by atoms with Gasteiger partial charge in [-0.25, -0.2) is 4.79 Å². The molecule has 2 atom stereocenters. The van der Waals surface area contributed by atoms with Crippen molar-refractivity contribution in [2.45, 2.75) is 57.7 Å². The molecule has 0 aromatic heterocycles. The summed E-state index contributed by atoms with van der Waals surface area (Å²) in [5, 5.41) is 0.546. The fourth-order valence-corrected chi connectivity index (χ4v) is 2.27. The maximum Gasteiger partial charge on any atom is 0.508 e. The molecule has 0 unspecified atom stereocenters. The molecule has 0 aromatic carbocycles. The summed E-state index contributed by atoms with van der Waals surface area (Å²) in [4.78, 5) is 22.7. The number of ether oxygens (including phenoxy) is 3. The van der Waals surface area contributed by atoms with Crippen molar-refractivity contribution in [3.8, 4) is 0 Å². The van der Waals surface area contributed by atoms with Gasteiger partial charge in [0.2, 0.25) is 0 Å². The van der Waals surface area contributed by atoms with E-state index in [4.69, 9.17) is 14.2 Å². The number of carbonyl (C=O) groups is 2. The van der Waals surface area contributed by atoms with Crippen LogP contribution in [0.5, 0.6) is 0 Å². The molecular weight excluding hydrogens is 316 g/mol. The van der Waals surface area contributed by atoms with E-state index in [0.29, 0.717) is 18.4 Å². The predicted molar refractivity (Wildman–Crippen MR) is 73.3 cm³/mol. The monoisotopic (exact) mass is 336 g/mol. The van der Waals surface area contributed by atoms with E-state index in [1.165, 1.54) is 0 Å². The van der Waals surface area contributed by atoms with E-state index >= 15 is 0 Å². The van der Waals surface area contributed by atoms with Crippen molar-refractivity contribution in [2.75, 3.05) is 11.9 Å². The normalized spacial score (nSPS) is 22.5. The first kappa shape index (κ1) is 16.3. The van der Waals surface area contributed by atoms with Crippen molar-refractivity contribution in [3.05, 3.63) is 0 Å². The van der Waals surface area contributed by atoms with Gasteiger partial charge in [0.05, 0.1) is 13.0 Å². The molecule has 6 heteroatoms. The Labute approximate surface area is 122 Å². The van der Waals surface area contributed by atoms with E-state index in [1.807, 2.05) is 0 Å². The quantitative estimate of drug-likeness (QED) is 0.387. The minimum absolute atomic E-state index is 0.104. The Morgan fingerprint density at radius 3 is 2.74 bits per heavy atom. The smallest absolute Gasteiger partial charge is 0.466 e. The first-order valence-electron chi connectivity index (χ1n) is 6.74. The average Bonchev–Trinajstić information content (AvgIpc) is 2.37. The molecule has 0 aromatic rings. The molecule has 110 valence electrons. The van der Waals surface area contributed by atoms with Crippen LogP contribution in [0.25, 0.3) is 0 Å². The Hall–Kier alpha value is -0.780. The molecule has 1 fully saturated rings. The number of esters is 1. The number of hydrogen-bond acceptors (Lipinski definition) is 5. The van der Waals surface area contributed by atoms with Gasteiger partial charge in [0, 0.05) is 11.8 Å². The number of carbonyl (C=O) groups excluding carboxylic acids is 2. The molecule has 5 nitrogen and oxygen atoms in total. The lowest BCUT2D eigenvalue weighted by atomic mass is 10.1. The van der Waals surface area contributed by atoms with Crippen molar-refractivity contribution < 1.29 is 23.8 Å². The molecule has 1 aliphatic rings. The summed E-state index contributed by atoms with van der Waals surface area (Å²) in [6.07, 6.45) is 3.50. The van der Waals surface area contributed by atoms with E-state index in [2.05, 4.69) is 22.9 Å². The number of halogens is 1. The standard InChI is InChI=1S/C13H21BrO5/c1-2-3-4-5-6-17-12(15)8-10-7-11(9-14)19-13(16)18-10/h10-11H,2-9H2,1H3/t10-,11+/m1/s1. The maximum atomic E-state index is 11.6. The molecule has 0 N–H and O–H groups in total. The lowest BCUT2D eigenvalue weighted by Crippen LogP contribution is -2.36. The number of hydrogen-bond donors (Lipinski definition) is 0. The highest BCUT2D eigenvalue weighted by Crippen LogP contribution is 2.19. The van der Waals surface area contributed by atoms with Gasteiger partial charge in [-0.05, 0) is 6.42 Å². The number of rotatable bonds is 8. The van der Waals surface area contributed by atoms with Crippen LogP contribution in [-0.2, 0) is 19.0 Å². The highest BCUT2D eigenvalue weighted by Gasteiger charge is 2.31. The summed E-state index contributed by atoms with van der Waals surface area (Å²) < 4.78 is 15.0. The Kier molecular flexibility index (Phi) is 7.86. The Morgan fingerprint density at radius 1 is 1.32 bits per heavy atom. The second kappa shape index (κ2) is 9.18. The van der Waals surface area contributed by atoms with Crippen molar-refractivity contribution in [3.63, 3.8) is 0 Å². The van der Waals surface area contributed by atoms with Crippen LogP contribution >= 0.6 is 15.9 Å². The Balaban J connectivity index is 2.18. The summed E-state index contributed by atoms with van der Waals surface area (Å²) in [7, 11) is 0. The minimum atomic E-state index is -0.712. The third kappa shape index (κ3) is 6.80. The third-order valence-corrected chi connectivity index (χ3v) is 3.60. The van der Waals surface area contributed by atoms with E-state index < -0.39 is 12.3 Å². The highest BCUT2D eigenvalue weighted by molar-refractivity contribution is 9.09. The molecule has 1 rings (SSSR count). The zero-order valence-electron chi connectivity index (χ0n) is 11.2. The van der Waals surface area contributed by atoms with Crippen molar-refractivity contribution in [2.24, 2.45) is 0 Å². The number of unbranched alkanes of at least 4 members (excludes halogenated alkanes) is 3. The molecule has 0 amide bonds. The molecule has 19 heavy (non-hydrogen) atoms. The van der Waals surface area contributed by atoms with Crippen LogP contribution in [0.4, 0.5) is 4.79 Å². The molecule has 1 heterocycles. The van der Waals surface area contributed by atoms with Gasteiger partial charge in [-0.1, -0.05) is 42.1 Å². The lowest BCUT2D eigenvalue weighted by Gasteiger charge is -2.27. The SMILES string of the molecule is CCCCCCOC(=O)C[C@H]1C[C@@H](CBr)OC(=O)O1. The van der Waals surface area contributed by atoms with Crippen LogP contribution in [0, 0.1) is 0 Å². The summed E-state index contributed by atoms with van der Waals surface area (Å²) in [5.41, 5.74) is 0. The average molecular weight is 337 g/mol. The van der Waals surface area contributed by atoms with E-state index in [0.717, 1.165) is 25.7 Å². The first-order valence-corrected chi connectivity index (χ1v) is 7.86. The van der Waals surface area contributed by atoms with Crippen LogP contribution in [0.3, 0.4) is 0 Å². The van der Waals surface area contributed by atoms with Gasteiger partial charge in [0.15, 0.2) is 0 Å². The van der Waals surface area contributed by atoms with Gasteiger partial charge in [-0.3, -0.25) is 4.79 Å². The Morgan fingerprint density at radius 2 is 2.05 bits per heavy atom. The Bertz CT molecular complexity index is 295. The lowest BCUT2D eigenvalue weighted by molar-refractivity contribution is -0.148. The number of cyclic esters (lactones) is 2. The molecule has 0 spiro atoms. The fourth-order valence-electron chi connectivity index (χ4n) is 1.87. The van der Waals surface area contributed by atoms with Crippen molar-refractivity contribution in [1.29, 1.82) is 0 Å². The topological polar surface area (TPSA) is 61.8 Å². The van der Waals surface area contributed by atoms with Crippen LogP contribution in [0.1, 0.15) is 45.4 Å². The van der Waals surface area contributed by atoms with Crippen LogP contribution < -0.4 is 0 Å². The van der Waals surface area contributed by atoms with Gasteiger partial charge in [-0.15, -0.1) is 0 Å². The van der Waals surface area contributed by atoms with E-state index in [-0.39, 0.29) is 18.5 Å². The molecule has 1 saturated heterocycles. The summed E-state index contributed by atoms with van der Waals surface area (Å²) in [5.74, 6) is -0.315. The van der Waals surface area contributed by atoms with Crippen LogP contribution in [0.15, 0.2) is 0 Å². The second-order valence-corrected chi connectivity index (χ2v) is 5.25. The van der Waals surface area contributed by atoms with E-state index in [9.17, 15) is 9.59 Å². The minimum Gasteiger partial charge on any atom is -0.466 e. The van der Waals surface area contributed by atoms with Gasteiger partial charge >= 0.3 is 12.1 Å². The molecular formula is C13H21BrO5. The van der Waals surface area contributed by atoms with Crippen LogP contribution in [0.2, 0.25) is 0 Å². The van der Waals surface area contributed by atoms with Crippen molar-refractivity contribution in [1.82, 2.24) is 0 Å². The van der Waals surface area contributed by atoms with Gasteiger partial charge in [0.1, 0.15) is 12.2 Å². The second-order valence-electron chi connectivity index (χ2n) is 4.60. The van der Waals surface area contributed by atoms with Crippen molar-refractivity contribution >= 4 is 28.1 Å². The summed E-state index contributed by atoms with van der Waals surface area (Å²) in [6, 6.07) is 0. The zero-order valence-corrected chi connectivity index (χ0v) is 12.8. The molecule has 1 aliphatic heterocycles. The maximum absolute atomic E-state index is 11.6.